The van der Waals surface area contributed by atoms with E-state index in [1.807, 2.05) is 37.4 Å². The van der Waals surface area contributed by atoms with Crippen molar-refractivity contribution >= 4 is 5.91 Å². The molecule has 0 bridgehead atoms. The summed E-state index contributed by atoms with van der Waals surface area (Å²) in [6.07, 6.45) is 5.29. The minimum absolute atomic E-state index is 0.103. The number of aromatic nitrogens is 7. The molecule has 27 heavy (non-hydrogen) atoms. The molecule has 2 N–H and O–H groups in total. The topological polar surface area (TPSA) is 106 Å². The van der Waals surface area contributed by atoms with Crippen LogP contribution in [0.2, 0.25) is 0 Å². The highest BCUT2D eigenvalue weighted by atomic mass is 16.1. The van der Waals surface area contributed by atoms with Crippen LogP contribution in [0.5, 0.6) is 0 Å². The Morgan fingerprint density at radius 2 is 2.07 bits per heavy atom. The summed E-state index contributed by atoms with van der Waals surface area (Å²) in [6.45, 7) is 0. The van der Waals surface area contributed by atoms with Gasteiger partial charge in [0, 0.05) is 43.7 Å². The number of amides is 1. The van der Waals surface area contributed by atoms with E-state index in [0.29, 0.717) is 11.6 Å². The number of carbonyl (C=O) groups is 1. The lowest BCUT2D eigenvalue weighted by atomic mass is 10.1. The highest BCUT2D eigenvalue weighted by molar-refractivity contribution is 5.77. The van der Waals surface area contributed by atoms with Gasteiger partial charge in [-0.3, -0.25) is 9.48 Å². The second kappa shape index (κ2) is 6.87. The van der Waals surface area contributed by atoms with Gasteiger partial charge < -0.3 is 10.3 Å². The van der Waals surface area contributed by atoms with Crippen molar-refractivity contribution in [1.29, 1.82) is 0 Å². The van der Waals surface area contributed by atoms with Crippen molar-refractivity contribution in [3.63, 3.8) is 0 Å². The van der Waals surface area contributed by atoms with Gasteiger partial charge in [0.1, 0.15) is 5.82 Å². The van der Waals surface area contributed by atoms with Gasteiger partial charge in [-0.25, -0.2) is 9.97 Å². The second-order valence-electron chi connectivity index (χ2n) is 5.94. The maximum Gasteiger partial charge on any atom is 0.227 e. The number of likely N-dealkylation sites (N-methyl/N-ethyl adjacent to an activating group) is 1. The Balaban J connectivity index is 1.83. The molecule has 1 aromatic carbocycles. The van der Waals surface area contributed by atoms with Crippen LogP contribution in [0.4, 0.5) is 0 Å². The summed E-state index contributed by atoms with van der Waals surface area (Å²) in [7, 11) is 3.42. The molecule has 9 nitrogen and oxygen atoms in total. The molecule has 4 aromatic rings. The van der Waals surface area contributed by atoms with Gasteiger partial charge in [-0.2, -0.15) is 9.78 Å². The van der Waals surface area contributed by atoms with Gasteiger partial charge in [0.05, 0.1) is 12.6 Å². The number of nitrogens with zero attached hydrogens (tertiary/aromatic N) is 6. The summed E-state index contributed by atoms with van der Waals surface area (Å²) in [4.78, 5) is 23.8. The van der Waals surface area contributed by atoms with Crippen LogP contribution in [0.25, 0.3) is 28.6 Å². The Kier molecular flexibility index (Phi) is 4.25. The number of rotatable bonds is 5. The average molecular weight is 362 g/mol. The fraction of sp³-hybridized carbons (Fsp3) is 0.167. The molecule has 0 fully saturated rings. The number of aromatic amines is 1. The van der Waals surface area contributed by atoms with E-state index < -0.39 is 0 Å². The van der Waals surface area contributed by atoms with Crippen LogP contribution in [-0.4, -0.2) is 47.5 Å². The molecule has 136 valence electrons. The molecule has 0 atom stereocenters. The standard InChI is InChI=1S/C18H18N8O/c1-19-15(27)11-14-23-18(26(24-14)16-6-7-22-25(16)2)13-5-3-4-12(10-13)17-20-8-9-21-17/h3-10H,11H2,1-2H3,(H,19,27)(H,20,21). The third-order valence-corrected chi connectivity index (χ3v) is 4.15. The molecule has 0 unspecified atom stereocenters. The zero-order valence-electron chi connectivity index (χ0n) is 14.9. The molecule has 1 amide bonds. The van der Waals surface area contributed by atoms with Crippen LogP contribution in [0, 0.1) is 0 Å². The Morgan fingerprint density at radius 1 is 1.22 bits per heavy atom. The van der Waals surface area contributed by atoms with Crippen molar-refractivity contribution < 1.29 is 4.79 Å². The van der Waals surface area contributed by atoms with Crippen molar-refractivity contribution in [2.45, 2.75) is 6.42 Å². The largest absolute Gasteiger partial charge is 0.359 e. The molecular weight excluding hydrogens is 344 g/mol. The van der Waals surface area contributed by atoms with E-state index in [1.165, 1.54) is 0 Å². The summed E-state index contributed by atoms with van der Waals surface area (Å²) in [5.41, 5.74) is 1.80. The van der Waals surface area contributed by atoms with E-state index in [0.717, 1.165) is 22.8 Å². The van der Waals surface area contributed by atoms with Gasteiger partial charge in [-0.15, -0.1) is 5.10 Å². The Labute approximate surface area is 155 Å². The van der Waals surface area contributed by atoms with Gasteiger partial charge in [-0.05, 0) is 6.07 Å². The Hall–Kier alpha value is -3.75. The summed E-state index contributed by atoms with van der Waals surface area (Å²) >= 11 is 0. The molecular formula is C18H18N8O. The fourth-order valence-electron chi connectivity index (χ4n) is 2.81. The number of carbonyl (C=O) groups excluding carboxylic acids is 1. The van der Waals surface area contributed by atoms with Crippen LogP contribution in [0.3, 0.4) is 0 Å². The van der Waals surface area contributed by atoms with Crippen molar-refractivity contribution in [2.24, 2.45) is 7.05 Å². The zero-order valence-corrected chi connectivity index (χ0v) is 14.9. The lowest BCUT2D eigenvalue weighted by Gasteiger charge is -2.07. The number of hydrogen-bond donors (Lipinski definition) is 2. The molecule has 4 rings (SSSR count). The number of imidazole rings is 1. The minimum Gasteiger partial charge on any atom is -0.359 e. The maximum absolute atomic E-state index is 11.8. The van der Waals surface area contributed by atoms with Crippen LogP contribution in [-0.2, 0) is 18.3 Å². The number of hydrogen-bond acceptors (Lipinski definition) is 5. The molecule has 0 aliphatic rings. The fourth-order valence-corrected chi connectivity index (χ4v) is 2.81. The number of H-pyrrole nitrogens is 1. The van der Waals surface area contributed by atoms with Gasteiger partial charge in [-0.1, -0.05) is 18.2 Å². The van der Waals surface area contributed by atoms with E-state index >= 15 is 0 Å². The van der Waals surface area contributed by atoms with Gasteiger partial charge in [0.2, 0.25) is 5.91 Å². The third kappa shape index (κ3) is 3.22. The second-order valence-corrected chi connectivity index (χ2v) is 5.94. The normalized spacial score (nSPS) is 10.9. The summed E-state index contributed by atoms with van der Waals surface area (Å²) in [5.74, 6) is 2.45. The van der Waals surface area contributed by atoms with Crippen molar-refractivity contribution in [2.75, 3.05) is 7.05 Å². The molecule has 3 heterocycles. The molecule has 3 aromatic heterocycles. The molecule has 0 radical (unpaired) electrons. The highest BCUT2D eigenvalue weighted by Crippen LogP contribution is 2.25. The molecule has 0 saturated heterocycles. The number of benzene rings is 1. The summed E-state index contributed by atoms with van der Waals surface area (Å²) in [6, 6.07) is 9.69. The molecule has 0 aliphatic carbocycles. The Morgan fingerprint density at radius 3 is 2.78 bits per heavy atom. The van der Waals surface area contributed by atoms with Gasteiger partial charge in [0.25, 0.3) is 0 Å². The monoisotopic (exact) mass is 362 g/mol. The predicted octanol–water partition coefficient (Wildman–Crippen LogP) is 1.35. The molecule has 0 spiro atoms. The van der Waals surface area contributed by atoms with E-state index in [1.54, 1.807) is 35.0 Å². The maximum atomic E-state index is 11.8. The Bertz CT molecular complexity index is 1080. The highest BCUT2D eigenvalue weighted by Gasteiger charge is 2.18. The average Bonchev–Trinajstić information content (AvgIpc) is 3.42. The first-order valence-corrected chi connectivity index (χ1v) is 8.41. The number of nitrogens with one attached hydrogen (secondary N) is 2. The third-order valence-electron chi connectivity index (χ3n) is 4.15. The van der Waals surface area contributed by atoms with Crippen molar-refractivity contribution in [3.05, 3.63) is 54.7 Å². The lowest BCUT2D eigenvalue weighted by Crippen LogP contribution is -2.20. The first kappa shape index (κ1) is 16.7. The van der Waals surface area contributed by atoms with Crippen LogP contribution in [0.15, 0.2) is 48.9 Å². The van der Waals surface area contributed by atoms with Gasteiger partial charge >= 0.3 is 0 Å². The van der Waals surface area contributed by atoms with E-state index in [9.17, 15) is 4.79 Å². The van der Waals surface area contributed by atoms with Crippen molar-refractivity contribution in [1.82, 2.24) is 39.8 Å². The summed E-state index contributed by atoms with van der Waals surface area (Å²) < 4.78 is 3.41. The molecule has 9 heteroatoms. The SMILES string of the molecule is CNC(=O)Cc1nc(-c2cccc(-c3ncc[nH]3)c2)n(-c2ccnn2C)n1. The smallest absolute Gasteiger partial charge is 0.227 e. The quantitative estimate of drug-likeness (QED) is 0.557. The van der Waals surface area contributed by atoms with Crippen molar-refractivity contribution in [3.8, 4) is 28.6 Å². The minimum atomic E-state index is -0.145. The number of aryl methyl sites for hydroxylation is 1. The van der Waals surface area contributed by atoms with E-state index in [2.05, 4.69) is 30.5 Å². The van der Waals surface area contributed by atoms with E-state index in [-0.39, 0.29) is 12.3 Å². The van der Waals surface area contributed by atoms with E-state index in [4.69, 9.17) is 0 Å². The van der Waals surface area contributed by atoms with Gasteiger partial charge in [0.15, 0.2) is 17.5 Å². The predicted molar refractivity (Wildman–Crippen MR) is 98.9 cm³/mol. The lowest BCUT2D eigenvalue weighted by molar-refractivity contribution is -0.120. The van der Waals surface area contributed by atoms with Crippen LogP contribution >= 0.6 is 0 Å². The first-order chi connectivity index (χ1) is 13.2. The molecule has 0 aliphatic heterocycles. The first-order valence-electron chi connectivity index (χ1n) is 8.41. The zero-order chi connectivity index (χ0) is 18.8. The molecule has 0 saturated carbocycles. The van der Waals surface area contributed by atoms with Crippen LogP contribution in [0.1, 0.15) is 5.82 Å². The summed E-state index contributed by atoms with van der Waals surface area (Å²) in [5, 5.41) is 11.3. The van der Waals surface area contributed by atoms with Crippen LogP contribution < -0.4 is 5.32 Å².